The molecule has 3 rings (SSSR count). The molecule has 0 aliphatic carbocycles. The highest BCUT2D eigenvalue weighted by Crippen LogP contribution is 2.31. The van der Waals surface area contributed by atoms with Crippen LogP contribution < -0.4 is 4.90 Å². The third-order valence-electron chi connectivity index (χ3n) is 5.60. The van der Waals surface area contributed by atoms with Gasteiger partial charge in [-0.25, -0.2) is 8.42 Å². The van der Waals surface area contributed by atoms with Gasteiger partial charge in [-0.05, 0) is 49.6 Å². The molecule has 6 nitrogen and oxygen atoms in total. The second-order valence-corrected chi connectivity index (χ2v) is 10.0. The summed E-state index contributed by atoms with van der Waals surface area (Å²) in [4.78, 5) is 28.0. The highest BCUT2D eigenvalue weighted by Gasteiger charge is 2.30. The molecular formula is C23H28N2O4S. The Balaban J connectivity index is 1.73. The molecule has 2 aromatic carbocycles. The van der Waals surface area contributed by atoms with Crippen LogP contribution in [0, 0.1) is 0 Å². The molecular weight excluding hydrogens is 400 g/mol. The van der Waals surface area contributed by atoms with Gasteiger partial charge in [0.1, 0.15) is 0 Å². The predicted molar refractivity (Wildman–Crippen MR) is 117 cm³/mol. The maximum atomic E-state index is 13.1. The Morgan fingerprint density at radius 2 is 1.83 bits per heavy atom. The minimum atomic E-state index is -3.66. The zero-order chi connectivity index (χ0) is 21.9. The first kappa shape index (κ1) is 22.0. The fraction of sp³-hybridized carbons (Fsp3) is 0.391. The standard InChI is InChI=1S/C23H28N2O4S/c1-4-24(16-19-8-6-5-7-9-19)23(27)14-17(2)30(28,29)21-10-11-22-20(15-21)12-13-25(22)18(3)26/h5-11,15,17H,4,12-14,16H2,1-3H3/t17-/m1/s1. The smallest absolute Gasteiger partial charge is 0.224 e. The van der Waals surface area contributed by atoms with Gasteiger partial charge in [0, 0.05) is 38.7 Å². The molecule has 1 heterocycles. The number of hydrogen-bond donors (Lipinski definition) is 0. The summed E-state index contributed by atoms with van der Waals surface area (Å²) in [5.74, 6) is -0.234. The number of hydrogen-bond acceptors (Lipinski definition) is 4. The summed E-state index contributed by atoms with van der Waals surface area (Å²) in [7, 11) is -3.66. The molecule has 2 aromatic rings. The van der Waals surface area contributed by atoms with E-state index in [1.54, 1.807) is 28.9 Å². The van der Waals surface area contributed by atoms with Crippen LogP contribution in [0.5, 0.6) is 0 Å². The van der Waals surface area contributed by atoms with Crippen LogP contribution in [0.15, 0.2) is 53.4 Å². The Bertz CT molecular complexity index is 1030. The number of carbonyl (C=O) groups excluding carboxylic acids is 2. The van der Waals surface area contributed by atoms with Gasteiger partial charge in [-0.3, -0.25) is 9.59 Å². The fourth-order valence-corrected chi connectivity index (χ4v) is 5.17. The van der Waals surface area contributed by atoms with Crippen LogP contribution in [0.1, 0.15) is 38.3 Å². The quantitative estimate of drug-likeness (QED) is 0.679. The number of carbonyl (C=O) groups is 2. The number of benzene rings is 2. The number of sulfone groups is 1. The van der Waals surface area contributed by atoms with E-state index in [1.807, 2.05) is 37.3 Å². The van der Waals surface area contributed by atoms with Crippen LogP contribution in [0.4, 0.5) is 5.69 Å². The van der Waals surface area contributed by atoms with E-state index in [0.717, 1.165) is 16.8 Å². The van der Waals surface area contributed by atoms with E-state index in [2.05, 4.69) is 0 Å². The summed E-state index contributed by atoms with van der Waals surface area (Å²) in [6, 6.07) is 14.5. The van der Waals surface area contributed by atoms with Gasteiger partial charge in [-0.1, -0.05) is 30.3 Å². The molecule has 1 aliphatic heterocycles. The topological polar surface area (TPSA) is 74.8 Å². The summed E-state index contributed by atoms with van der Waals surface area (Å²) < 4.78 is 26.2. The lowest BCUT2D eigenvalue weighted by atomic mass is 10.2. The first-order chi connectivity index (χ1) is 14.2. The minimum Gasteiger partial charge on any atom is -0.339 e. The lowest BCUT2D eigenvalue weighted by molar-refractivity contribution is -0.131. The monoisotopic (exact) mass is 428 g/mol. The predicted octanol–water partition coefficient (Wildman–Crippen LogP) is 3.20. The Kier molecular flexibility index (Phi) is 6.61. The maximum Gasteiger partial charge on any atom is 0.224 e. The van der Waals surface area contributed by atoms with Crippen LogP contribution in [0.2, 0.25) is 0 Å². The van der Waals surface area contributed by atoms with Crippen molar-refractivity contribution in [3.8, 4) is 0 Å². The highest BCUT2D eigenvalue weighted by molar-refractivity contribution is 7.92. The third-order valence-corrected chi connectivity index (χ3v) is 7.73. The summed E-state index contributed by atoms with van der Waals surface area (Å²) in [5.41, 5.74) is 2.63. The SMILES string of the molecule is CCN(Cc1ccccc1)C(=O)C[C@@H](C)S(=O)(=O)c1ccc2c(c1)CCN2C(C)=O. The fourth-order valence-electron chi connectivity index (χ4n) is 3.78. The molecule has 0 aromatic heterocycles. The zero-order valence-corrected chi connectivity index (χ0v) is 18.5. The van der Waals surface area contributed by atoms with Crippen molar-refractivity contribution in [2.24, 2.45) is 0 Å². The Labute approximate surface area is 178 Å². The first-order valence-electron chi connectivity index (χ1n) is 10.2. The van der Waals surface area contributed by atoms with E-state index >= 15 is 0 Å². The van der Waals surface area contributed by atoms with Crippen LogP contribution in [-0.4, -0.2) is 43.5 Å². The van der Waals surface area contributed by atoms with E-state index in [-0.39, 0.29) is 23.1 Å². The molecule has 7 heteroatoms. The van der Waals surface area contributed by atoms with Crippen molar-refractivity contribution >= 4 is 27.3 Å². The lowest BCUT2D eigenvalue weighted by Gasteiger charge is -2.23. The number of fused-ring (bicyclic) bond motifs is 1. The van der Waals surface area contributed by atoms with Gasteiger partial charge in [0.05, 0.1) is 10.1 Å². The van der Waals surface area contributed by atoms with E-state index < -0.39 is 15.1 Å². The zero-order valence-electron chi connectivity index (χ0n) is 17.7. The Morgan fingerprint density at radius 1 is 1.13 bits per heavy atom. The van der Waals surface area contributed by atoms with E-state index in [4.69, 9.17) is 0 Å². The first-order valence-corrected chi connectivity index (χ1v) is 11.7. The number of nitrogens with zero attached hydrogens (tertiary/aromatic N) is 2. The molecule has 0 radical (unpaired) electrons. The van der Waals surface area contributed by atoms with Crippen molar-refractivity contribution in [2.75, 3.05) is 18.0 Å². The largest absolute Gasteiger partial charge is 0.339 e. The van der Waals surface area contributed by atoms with Crippen molar-refractivity contribution in [1.29, 1.82) is 0 Å². The van der Waals surface area contributed by atoms with Crippen LogP contribution in [-0.2, 0) is 32.4 Å². The van der Waals surface area contributed by atoms with Crippen LogP contribution in [0.25, 0.3) is 0 Å². The molecule has 0 unspecified atom stereocenters. The number of anilines is 1. The second-order valence-electron chi connectivity index (χ2n) is 7.66. The van der Waals surface area contributed by atoms with Crippen molar-refractivity contribution in [1.82, 2.24) is 4.90 Å². The van der Waals surface area contributed by atoms with Crippen molar-refractivity contribution in [3.63, 3.8) is 0 Å². The molecule has 0 bridgehead atoms. The van der Waals surface area contributed by atoms with Gasteiger partial charge >= 0.3 is 0 Å². The average Bonchev–Trinajstić information content (AvgIpc) is 3.16. The molecule has 1 aliphatic rings. The highest BCUT2D eigenvalue weighted by atomic mass is 32.2. The summed E-state index contributed by atoms with van der Waals surface area (Å²) in [6.45, 7) is 6.51. The summed E-state index contributed by atoms with van der Waals surface area (Å²) >= 11 is 0. The van der Waals surface area contributed by atoms with E-state index in [9.17, 15) is 18.0 Å². The molecule has 0 spiro atoms. The second kappa shape index (κ2) is 9.00. The summed E-state index contributed by atoms with van der Waals surface area (Å²) in [5, 5.41) is -0.835. The van der Waals surface area contributed by atoms with Gasteiger partial charge in [0.15, 0.2) is 9.84 Å². The number of amides is 2. The Hall–Kier alpha value is -2.67. The van der Waals surface area contributed by atoms with Gasteiger partial charge in [-0.2, -0.15) is 0 Å². The molecule has 1 atom stereocenters. The van der Waals surface area contributed by atoms with Crippen molar-refractivity contribution < 1.29 is 18.0 Å². The van der Waals surface area contributed by atoms with Gasteiger partial charge in [0.25, 0.3) is 0 Å². The van der Waals surface area contributed by atoms with Crippen molar-refractivity contribution in [3.05, 3.63) is 59.7 Å². The molecule has 2 amide bonds. The maximum absolute atomic E-state index is 13.1. The van der Waals surface area contributed by atoms with Gasteiger partial charge in [-0.15, -0.1) is 0 Å². The Morgan fingerprint density at radius 3 is 2.47 bits per heavy atom. The summed E-state index contributed by atoms with van der Waals surface area (Å²) in [6.07, 6.45) is 0.561. The molecule has 0 fully saturated rings. The van der Waals surface area contributed by atoms with E-state index in [0.29, 0.717) is 26.1 Å². The lowest BCUT2D eigenvalue weighted by Crippen LogP contribution is -2.34. The average molecular weight is 429 g/mol. The van der Waals surface area contributed by atoms with E-state index in [1.165, 1.54) is 13.0 Å². The van der Waals surface area contributed by atoms with Gasteiger partial charge < -0.3 is 9.80 Å². The molecule has 160 valence electrons. The van der Waals surface area contributed by atoms with Crippen LogP contribution >= 0.6 is 0 Å². The van der Waals surface area contributed by atoms with Gasteiger partial charge in [0.2, 0.25) is 11.8 Å². The van der Waals surface area contributed by atoms with Crippen LogP contribution in [0.3, 0.4) is 0 Å². The normalized spacial score (nSPS) is 14.3. The third kappa shape index (κ3) is 4.56. The minimum absolute atomic E-state index is 0.0543. The molecule has 0 saturated heterocycles. The molecule has 0 N–H and O–H groups in total. The van der Waals surface area contributed by atoms with Crippen molar-refractivity contribution in [2.45, 2.75) is 50.3 Å². The molecule has 0 saturated carbocycles. The number of rotatable bonds is 7. The molecule has 30 heavy (non-hydrogen) atoms.